The second kappa shape index (κ2) is 7.50. The van der Waals surface area contributed by atoms with E-state index in [4.69, 9.17) is 5.11 Å². The summed E-state index contributed by atoms with van der Waals surface area (Å²) in [6, 6.07) is 9.38. The predicted molar refractivity (Wildman–Crippen MR) is 53.6 cm³/mol. The van der Waals surface area contributed by atoms with Gasteiger partial charge < -0.3 is 5.11 Å². The first-order chi connectivity index (χ1) is 6.33. The van der Waals surface area contributed by atoms with Crippen LogP contribution >= 0.6 is 0 Å². The third kappa shape index (κ3) is 5.15. The molecule has 13 heavy (non-hydrogen) atoms. The summed E-state index contributed by atoms with van der Waals surface area (Å²) < 4.78 is 0. The molecule has 0 atom stereocenters. The highest BCUT2D eigenvalue weighted by Gasteiger charge is 1.99. The third-order valence-electron chi connectivity index (χ3n) is 1.42. The topological polar surface area (TPSA) is 37.3 Å². The standard InChI is InChI=1S/C9H10O2.C2H6/c10-7-9(11)6-8-4-2-1-3-5-8;1-2/h1-5,10H,6-7H2;1-2H3. The van der Waals surface area contributed by atoms with E-state index < -0.39 is 0 Å². The van der Waals surface area contributed by atoms with Crippen LogP contribution in [0.3, 0.4) is 0 Å². The molecule has 0 fully saturated rings. The molecule has 0 bridgehead atoms. The van der Waals surface area contributed by atoms with Gasteiger partial charge in [0.2, 0.25) is 0 Å². The summed E-state index contributed by atoms with van der Waals surface area (Å²) in [4.78, 5) is 10.7. The Labute approximate surface area is 79.2 Å². The molecule has 0 unspecified atom stereocenters. The van der Waals surface area contributed by atoms with E-state index in [0.717, 1.165) is 5.56 Å². The summed E-state index contributed by atoms with van der Waals surface area (Å²) in [5.41, 5.74) is 0.951. The third-order valence-corrected chi connectivity index (χ3v) is 1.42. The van der Waals surface area contributed by atoms with E-state index in [1.807, 2.05) is 44.2 Å². The van der Waals surface area contributed by atoms with Crippen molar-refractivity contribution < 1.29 is 9.90 Å². The molecule has 0 spiro atoms. The van der Waals surface area contributed by atoms with Gasteiger partial charge in [0.15, 0.2) is 5.78 Å². The van der Waals surface area contributed by atoms with Crippen LogP contribution in [0.5, 0.6) is 0 Å². The van der Waals surface area contributed by atoms with Gasteiger partial charge in [-0.3, -0.25) is 4.79 Å². The van der Waals surface area contributed by atoms with Crippen molar-refractivity contribution in [1.82, 2.24) is 0 Å². The van der Waals surface area contributed by atoms with Crippen LogP contribution in [0.4, 0.5) is 0 Å². The molecular weight excluding hydrogens is 164 g/mol. The summed E-state index contributed by atoms with van der Waals surface area (Å²) in [5.74, 6) is -0.142. The van der Waals surface area contributed by atoms with Gasteiger partial charge in [-0.05, 0) is 5.56 Å². The van der Waals surface area contributed by atoms with Crippen LogP contribution < -0.4 is 0 Å². The Kier molecular flexibility index (Phi) is 6.83. The smallest absolute Gasteiger partial charge is 0.162 e. The average molecular weight is 180 g/mol. The Hall–Kier alpha value is -1.15. The minimum atomic E-state index is -0.366. The second-order valence-electron chi connectivity index (χ2n) is 2.36. The van der Waals surface area contributed by atoms with E-state index in [1.165, 1.54) is 0 Å². The minimum absolute atomic E-state index is 0.142. The highest BCUT2D eigenvalue weighted by molar-refractivity contribution is 5.81. The molecule has 0 aliphatic heterocycles. The number of benzene rings is 1. The molecule has 0 aliphatic carbocycles. The molecule has 0 saturated heterocycles. The van der Waals surface area contributed by atoms with Crippen molar-refractivity contribution in [2.75, 3.05) is 6.61 Å². The number of hydrogen-bond acceptors (Lipinski definition) is 2. The maximum Gasteiger partial charge on any atom is 0.162 e. The van der Waals surface area contributed by atoms with Crippen LogP contribution in [0.1, 0.15) is 19.4 Å². The monoisotopic (exact) mass is 180 g/mol. The molecule has 72 valence electrons. The average Bonchev–Trinajstić information content (AvgIpc) is 2.22. The number of carbonyl (C=O) groups is 1. The van der Waals surface area contributed by atoms with Crippen molar-refractivity contribution in [2.45, 2.75) is 20.3 Å². The number of rotatable bonds is 3. The Morgan fingerprint density at radius 2 is 1.77 bits per heavy atom. The summed E-state index contributed by atoms with van der Waals surface area (Å²) in [6.07, 6.45) is 0.331. The van der Waals surface area contributed by atoms with Gasteiger partial charge in [0.05, 0.1) is 0 Å². The van der Waals surface area contributed by atoms with Crippen LogP contribution in [-0.4, -0.2) is 17.5 Å². The zero-order valence-electron chi connectivity index (χ0n) is 8.16. The molecule has 1 aromatic carbocycles. The van der Waals surface area contributed by atoms with Gasteiger partial charge in [-0.2, -0.15) is 0 Å². The maximum atomic E-state index is 10.7. The highest BCUT2D eigenvalue weighted by Crippen LogP contribution is 1.99. The largest absolute Gasteiger partial charge is 0.389 e. The molecule has 0 heterocycles. The molecule has 0 amide bonds. The van der Waals surface area contributed by atoms with Crippen molar-refractivity contribution in [3.05, 3.63) is 35.9 Å². The Bertz CT molecular complexity index is 229. The van der Waals surface area contributed by atoms with E-state index in [0.29, 0.717) is 6.42 Å². The van der Waals surface area contributed by atoms with Crippen molar-refractivity contribution in [1.29, 1.82) is 0 Å². The quantitative estimate of drug-likeness (QED) is 0.770. The van der Waals surface area contributed by atoms with Gasteiger partial charge in [0, 0.05) is 6.42 Å². The number of aliphatic hydroxyl groups excluding tert-OH is 1. The van der Waals surface area contributed by atoms with E-state index in [9.17, 15) is 4.79 Å². The zero-order chi connectivity index (χ0) is 10.1. The van der Waals surface area contributed by atoms with Crippen molar-refractivity contribution in [3.63, 3.8) is 0 Å². The fourth-order valence-corrected chi connectivity index (χ4v) is 0.879. The van der Waals surface area contributed by atoms with Crippen molar-refractivity contribution in [3.8, 4) is 0 Å². The lowest BCUT2D eigenvalue weighted by Gasteiger charge is -1.95. The lowest BCUT2D eigenvalue weighted by Crippen LogP contribution is -2.06. The van der Waals surface area contributed by atoms with E-state index >= 15 is 0 Å². The number of Topliss-reactive ketones (excluding diaryl/α,β-unsaturated/α-hetero) is 1. The summed E-state index contributed by atoms with van der Waals surface area (Å²) in [5, 5.41) is 8.45. The van der Waals surface area contributed by atoms with Crippen LogP contribution in [0.25, 0.3) is 0 Å². The van der Waals surface area contributed by atoms with Gasteiger partial charge in [0.1, 0.15) is 6.61 Å². The second-order valence-corrected chi connectivity index (χ2v) is 2.36. The van der Waals surface area contributed by atoms with Crippen LogP contribution in [-0.2, 0) is 11.2 Å². The Morgan fingerprint density at radius 3 is 2.23 bits per heavy atom. The molecule has 0 aliphatic rings. The lowest BCUT2D eigenvalue weighted by atomic mass is 10.1. The molecule has 2 heteroatoms. The lowest BCUT2D eigenvalue weighted by molar-refractivity contribution is -0.121. The Balaban J connectivity index is 0.000000671. The SMILES string of the molecule is CC.O=C(CO)Cc1ccccc1. The van der Waals surface area contributed by atoms with Crippen LogP contribution in [0, 0.1) is 0 Å². The zero-order valence-corrected chi connectivity index (χ0v) is 8.16. The predicted octanol–water partition coefficient (Wildman–Crippen LogP) is 1.82. The molecule has 0 aromatic heterocycles. The van der Waals surface area contributed by atoms with Crippen LogP contribution in [0.15, 0.2) is 30.3 Å². The number of hydrogen-bond donors (Lipinski definition) is 1. The molecular formula is C11H16O2. The van der Waals surface area contributed by atoms with E-state index in [2.05, 4.69) is 0 Å². The molecule has 1 rings (SSSR count). The first kappa shape index (κ1) is 11.8. The van der Waals surface area contributed by atoms with Gasteiger partial charge in [-0.25, -0.2) is 0 Å². The van der Waals surface area contributed by atoms with Gasteiger partial charge >= 0.3 is 0 Å². The summed E-state index contributed by atoms with van der Waals surface area (Å²) >= 11 is 0. The summed E-state index contributed by atoms with van der Waals surface area (Å²) in [7, 11) is 0. The van der Waals surface area contributed by atoms with Gasteiger partial charge in [-0.15, -0.1) is 0 Å². The van der Waals surface area contributed by atoms with Crippen molar-refractivity contribution in [2.24, 2.45) is 0 Å². The van der Waals surface area contributed by atoms with E-state index in [1.54, 1.807) is 0 Å². The Morgan fingerprint density at radius 1 is 1.23 bits per heavy atom. The maximum absolute atomic E-state index is 10.7. The first-order valence-electron chi connectivity index (χ1n) is 4.49. The fourth-order valence-electron chi connectivity index (χ4n) is 0.879. The number of ketones is 1. The summed E-state index contributed by atoms with van der Waals surface area (Å²) in [6.45, 7) is 3.63. The normalized spacial score (nSPS) is 8.54. The van der Waals surface area contributed by atoms with Gasteiger partial charge in [-0.1, -0.05) is 44.2 Å². The molecule has 1 aromatic rings. The molecule has 0 radical (unpaired) electrons. The minimum Gasteiger partial charge on any atom is -0.389 e. The fraction of sp³-hybridized carbons (Fsp3) is 0.364. The highest BCUT2D eigenvalue weighted by atomic mass is 16.3. The number of aliphatic hydroxyl groups is 1. The molecule has 1 N–H and O–H groups in total. The van der Waals surface area contributed by atoms with Crippen LogP contribution in [0.2, 0.25) is 0 Å². The van der Waals surface area contributed by atoms with Crippen molar-refractivity contribution >= 4 is 5.78 Å². The van der Waals surface area contributed by atoms with E-state index in [-0.39, 0.29) is 12.4 Å². The molecule has 0 saturated carbocycles. The number of carbonyl (C=O) groups excluding carboxylic acids is 1. The molecule has 2 nitrogen and oxygen atoms in total. The van der Waals surface area contributed by atoms with Gasteiger partial charge in [0.25, 0.3) is 0 Å². The first-order valence-corrected chi connectivity index (χ1v) is 4.49.